The molecule has 0 bridgehead atoms. The van der Waals surface area contributed by atoms with Crippen LogP contribution in [-0.4, -0.2) is 50.9 Å². The van der Waals surface area contributed by atoms with E-state index in [9.17, 15) is 0 Å². The van der Waals surface area contributed by atoms with E-state index in [4.69, 9.17) is 9.47 Å². The lowest BCUT2D eigenvalue weighted by atomic mass is 10.0. The molecule has 138 valence electrons. The number of rotatable bonds is 12. The van der Waals surface area contributed by atoms with Crippen LogP contribution in [0.25, 0.3) is 10.8 Å². The Labute approximate surface area is 152 Å². The Morgan fingerprint density at radius 2 is 1.76 bits per heavy atom. The Balaban J connectivity index is 2.05. The lowest BCUT2D eigenvalue weighted by molar-refractivity contribution is 0.110. The number of hydrogen-bond acceptors (Lipinski definition) is 4. The van der Waals surface area contributed by atoms with Crippen LogP contribution >= 0.6 is 0 Å². The molecule has 1 N–H and O–H groups in total. The third-order valence-corrected chi connectivity index (χ3v) is 4.49. The first-order valence-corrected chi connectivity index (χ1v) is 9.44. The third kappa shape index (κ3) is 5.99. The van der Waals surface area contributed by atoms with E-state index in [-0.39, 0.29) is 0 Å². The summed E-state index contributed by atoms with van der Waals surface area (Å²) in [6, 6.07) is 12.7. The zero-order valence-corrected chi connectivity index (χ0v) is 15.9. The second kappa shape index (κ2) is 11.1. The van der Waals surface area contributed by atoms with Crippen molar-refractivity contribution < 1.29 is 9.47 Å². The summed E-state index contributed by atoms with van der Waals surface area (Å²) in [5, 5.41) is 6.09. The fourth-order valence-electron chi connectivity index (χ4n) is 2.98. The van der Waals surface area contributed by atoms with Crippen LogP contribution in [0.4, 0.5) is 0 Å². The Morgan fingerprint density at radius 1 is 0.960 bits per heavy atom. The quantitative estimate of drug-likeness (QED) is 0.596. The van der Waals surface area contributed by atoms with Crippen molar-refractivity contribution in [3.05, 3.63) is 42.0 Å². The zero-order valence-electron chi connectivity index (χ0n) is 15.9. The van der Waals surface area contributed by atoms with Gasteiger partial charge in [0, 0.05) is 31.8 Å². The topological polar surface area (TPSA) is 33.7 Å². The van der Waals surface area contributed by atoms with Crippen molar-refractivity contribution in [1.82, 2.24) is 10.2 Å². The summed E-state index contributed by atoms with van der Waals surface area (Å²) < 4.78 is 11.4. The molecule has 0 amide bonds. The van der Waals surface area contributed by atoms with Crippen LogP contribution in [0.1, 0.15) is 26.3 Å². The van der Waals surface area contributed by atoms with E-state index < -0.39 is 0 Å². The lowest BCUT2D eigenvalue weighted by Gasteiger charge is -2.19. The molecule has 0 heterocycles. The Bertz CT molecular complexity index is 626. The molecule has 4 heteroatoms. The summed E-state index contributed by atoms with van der Waals surface area (Å²) in [5.41, 5.74) is 1.23. The molecule has 25 heavy (non-hydrogen) atoms. The molecular weight excluding hydrogens is 312 g/mol. The molecule has 2 aromatic rings. The van der Waals surface area contributed by atoms with Gasteiger partial charge in [-0.25, -0.2) is 0 Å². The van der Waals surface area contributed by atoms with Gasteiger partial charge in [0.25, 0.3) is 0 Å². The molecule has 0 unspecified atom stereocenters. The Kier molecular flexibility index (Phi) is 8.73. The predicted octanol–water partition coefficient (Wildman–Crippen LogP) is 3.69. The van der Waals surface area contributed by atoms with Crippen molar-refractivity contribution >= 4 is 10.8 Å². The molecule has 2 rings (SSSR count). The zero-order chi connectivity index (χ0) is 17.9. The van der Waals surface area contributed by atoms with E-state index in [0.717, 1.165) is 45.1 Å². The van der Waals surface area contributed by atoms with Gasteiger partial charge in [0.05, 0.1) is 6.61 Å². The second-order valence-electron chi connectivity index (χ2n) is 6.01. The van der Waals surface area contributed by atoms with Gasteiger partial charge >= 0.3 is 0 Å². The van der Waals surface area contributed by atoms with Crippen molar-refractivity contribution in [1.29, 1.82) is 0 Å². The van der Waals surface area contributed by atoms with Gasteiger partial charge in [-0.05, 0) is 36.9 Å². The van der Waals surface area contributed by atoms with Crippen molar-refractivity contribution in [2.75, 3.05) is 46.0 Å². The highest BCUT2D eigenvalue weighted by Gasteiger charge is 2.09. The summed E-state index contributed by atoms with van der Waals surface area (Å²) in [7, 11) is 0. The average Bonchev–Trinajstić information content (AvgIpc) is 2.66. The lowest BCUT2D eigenvalue weighted by Crippen LogP contribution is -2.31. The van der Waals surface area contributed by atoms with Gasteiger partial charge in [-0.2, -0.15) is 0 Å². The molecule has 0 saturated carbocycles. The molecule has 0 radical (unpaired) electrons. The molecule has 2 aromatic carbocycles. The number of nitrogens with one attached hydrogen (secondary N) is 1. The monoisotopic (exact) mass is 344 g/mol. The number of hydrogen-bond donors (Lipinski definition) is 1. The molecule has 0 saturated heterocycles. The summed E-state index contributed by atoms with van der Waals surface area (Å²) >= 11 is 0. The minimum Gasteiger partial charge on any atom is -0.491 e. The average molecular weight is 344 g/mol. The van der Waals surface area contributed by atoms with E-state index in [2.05, 4.69) is 60.5 Å². The van der Waals surface area contributed by atoms with E-state index in [1.54, 1.807) is 0 Å². The molecule has 0 fully saturated rings. The van der Waals surface area contributed by atoms with Crippen molar-refractivity contribution in [3.8, 4) is 5.75 Å². The summed E-state index contributed by atoms with van der Waals surface area (Å²) in [6.07, 6.45) is 0. The van der Waals surface area contributed by atoms with Gasteiger partial charge in [-0.15, -0.1) is 0 Å². The highest BCUT2D eigenvalue weighted by atomic mass is 16.5. The van der Waals surface area contributed by atoms with Crippen LogP contribution < -0.4 is 10.1 Å². The van der Waals surface area contributed by atoms with Gasteiger partial charge < -0.3 is 19.7 Å². The van der Waals surface area contributed by atoms with E-state index >= 15 is 0 Å². The maximum Gasteiger partial charge on any atom is 0.124 e. The molecular formula is C21H32N2O2. The minimum absolute atomic E-state index is 0.582. The second-order valence-corrected chi connectivity index (χ2v) is 6.01. The Hall–Kier alpha value is -1.62. The molecule has 0 atom stereocenters. The maximum absolute atomic E-state index is 5.99. The summed E-state index contributed by atoms with van der Waals surface area (Å²) in [5.74, 6) is 0.953. The van der Waals surface area contributed by atoms with Gasteiger partial charge in [-0.1, -0.05) is 44.2 Å². The Morgan fingerprint density at radius 3 is 2.52 bits per heavy atom. The van der Waals surface area contributed by atoms with Gasteiger partial charge in [-0.3, -0.25) is 0 Å². The molecule has 0 aliphatic heterocycles. The fourth-order valence-corrected chi connectivity index (χ4v) is 2.98. The van der Waals surface area contributed by atoms with Gasteiger partial charge in [0.2, 0.25) is 0 Å². The number of benzene rings is 2. The summed E-state index contributed by atoms with van der Waals surface area (Å²) in [6.45, 7) is 13.4. The van der Waals surface area contributed by atoms with Gasteiger partial charge in [0.15, 0.2) is 0 Å². The van der Waals surface area contributed by atoms with Crippen LogP contribution in [0.2, 0.25) is 0 Å². The number of likely N-dealkylation sites (N-methyl/N-ethyl adjacent to an activating group) is 1. The van der Waals surface area contributed by atoms with Crippen LogP contribution in [0, 0.1) is 0 Å². The smallest absolute Gasteiger partial charge is 0.124 e. The van der Waals surface area contributed by atoms with Crippen molar-refractivity contribution in [3.63, 3.8) is 0 Å². The van der Waals surface area contributed by atoms with Crippen LogP contribution in [-0.2, 0) is 11.3 Å². The largest absolute Gasteiger partial charge is 0.491 e. The van der Waals surface area contributed by atoms with Crippen LogP contribution in [0.5, 0.6) is 5.75 Å². The molecule has 0 spiro atoms. The van der Waals surface area contributed by atoms with Crippen LogP contribution in [0.15, 0.2) is 36.4 Å². The molecule has 0 aliphatic carbocycles. The predicted molar refractivity (Wildman–Crippen MR) is 105 cm³/mol. The first-order chi connectivity index (χ1) is 12.3. The number of nitrogens with zero attached hydrogens (tertiary/aromatic N) is 1. The van der Waals surface area contributed by atoms with Gasteiger partial charge in [0.1, 0.15) is 12.4 Å². The third-order valence-electron chi connectivity index (χ3n) is 4.49. The highest BCUT2D eigenvalue weighted by Crippen LogP contribution is 2.28. The minimum atomic E-state index is 0.582. The standard InChI is InChI=1S/C21H32N2O2/c1-4-23(5-2)14-13-22-17-20-19-10-8-7-9-18(19)11-12-21(20)25-16-15-24-6-3/h7-12,22H,4-6,13-17H2,1-3H3. The summed E-state index contributed by atoms with van der Waals surface area (Å²) in [4.78, 5) is 2.43. The van der Waals surface area contributed by atoms with Crippen molar-refractivity contribution in [2.24, 2.45) is 0 Å². The number of ether oxygens (including phenoxy) is 2. The number of fused-ring (bicyclic) bond motifs is 1. The molecule has 0 aromatic heterocycles. The molecule has 0 aliphatic rings. The van der Waals surface area contributed by atoms with E-state index in [1.165, 1.54) is 16.3 Å². The highest BCUT2D eigenvalue weighted by molar-refractivity contribution is 5.87. The SMILES string of the molecule is CCOCCOc1ccc2ccccc2c1CNCCN(CC)CC. The van der Waals surface area contributed by atoms with E-state index in [0.29, 0.717) is 13.2 Å². The van der Waals surface area contributed by atoms with E-state index in [1.807, 2.05) is 6.92 Å². The molecule has 4 nitrogen and oxygen atoms in total. The first kappa shape index (κ1) is 19.7. The van der Waals surface area contributed by atoms with Crippen LogP contribution in [0.3, 0.4) is 0 Å². The van der Waals surface area contributed by atoms with Crippen molar-refractivity contribution in [2.45, 2.75) is 27.3 Å². The normalized spacial score (nSPS) is 11.4. The maximum atomic E-state index is 5.99. The first-order valence-electron chi connectivity index (χ1n) is 9.44. The fraction of sp³-hybridized carbons (Fsp3) is 0.524.